The highest BCUT2D eigenvalue weighted by molar-refractivity contribution is 7.08. The van der Waals surface area contributed by atoms with Gasteiger partial charge in [0.15, 0.2) is 5.82 Å². The topological polar surface area (TPSA) is 68.0 Å². The van der Waals surface area contributed by atoms with Crippen molar-refractivity contribution in [2.45, 2.75) is 6.92 Å². The molecule has 0 aromatic carbocycles. The van der Waals surface area contributed by atoms with Crippen LogP contribution in [0.25, 0.3) is 17.1 Å². The Morgan fingerprint density at radius 3 is 2.90 bits per heavy atom. The molecule has 0 spiro atoms. The number of aryl methyl sites for hydroxylation is 1. The number of thiophene rings is 1. The van der Waals surface area contributed by atoms with E-state index >= 15 is 0 Å². The number of rotatable bonds is 3. The molecular formula is C14H11N3O2S. The summed E-state index contributed by atoms with van der Waals surface area (Å²) in [5.41, 5.74) is 2.48. The van der Waals surface area contributed by atoms with Crippen LogP contribution >= 0.6 is 11.3 Å². The number of carboxylic acids is 1. The number of aromatic nitrogens is 3. The molecule has 0 aliphatic heterocycles. The fourth-order valence-electron chi connectivity index (χ4n) is 1.91. The molecular weight excluding hydrogens is 274 g/mol. The molecule has 0 saturated heterocycles. The summed E-state index contributed by atoms with van der Waals surface area (Å²) in [7, 11) is 0. The van der Waals surface area contributed by atoms with E-state index in [4.69, 9.17) is 0 Å². The largest absolute Gasteiger partial charge is 0.478 e. The molecule has 3 rings (SSSR count). The highest BCUT2D eigenvalue weighted by atomic mass is 32.1. The van der Waals surface area contributed by atoms with Crippen molar-refractivity contribution in [3.8, 4) is 17.1 Å². The van der Waals surface area contributed by atoms with Gasteiger partial charge in [-0.05, 0) is 36.1 Å². The minimum Gasteiger partial charge on any atom is -0.478 e. The van der Waals surface area contributed by atoms with Gasteiger partial charge < -0.3 is 5.11 Å². The first kappa shape index (κ1) is 12.6. The van der Waals surface area contributed by atoms with E-state index in [1.54, 1.807) is 6.20 Å². The molecule has 0 atom stereocenters. The van der Waals surface area contributed by atoms with E-state index in [1.165, 1.54) is 22.2 Å². The Hall–Kier alpha value is -2.47. The van der Waals surface area contributed by atoms with Crippen molar-refractivity contribution in [2.75, 3.05) is 0 Å². The molecule has 5 nitrogen and oxygen atoms in total. The Morgan fingerprint density at radius 1 is 1.40 bits per heavy atom. The smallest absolute Gasteiger partial charge is 0.339 e. The number of nitrogens with zero attached hydrogens (tertiary/aromatic N) is 3. The molecule has 0 radical (unpaired) electrons. The van der Waals surface area contributed by atoms with Gasteiger partial charge in [0, 0.05) is 23.3 Å². The maximum atomic E-state index is 11.4. The van der Waals surface area contributed by atoms with Crippen LogP contribution in [0.5, 0.6) is 0 Å². The van der Waals surface area contributed by atoms with Crippen LogP contribution in [-0.4, -0.2) is 25.8 Å². The second kappa shape index (κ2) is 4.90. The quantitative estimate of drug-likeness (QED) is 0.803. The maximum absolute atomic E-state index is 11.4. The molecule has 0 aliphatic carbocycles. The molecule has 100 valence electrons. The number of pyridine rings is 1. The fraction of sp³-hybridized carbons (Fsp3) is 0.0714. The van der Waals surface area contributed by atoms with E-state index in [0.717, 1.165) is 11.1 Å². The van der Waals surface area contributed by atoms with Crippen LogP contribution in [0.3, 0.4) is 0 Å². The lowest BCUT2D eigenvalue weighted by Crippen LogP contribution is -1.98. The first-order valence-electron chi connectivity index (χ1n) is 5.94. The Labute approximate surface area is 119 Å². The minimum atomic E-state index is -0.995. The summed E-state index contributed by atoms with van der Waals surface area (Å²) in [6.07, 6.45) is 3.17. The average molecular weight is 285 g/mol. The van der Waals surface area contributed by atoms with Crippen LogP contribution in [-0.2, 0) is 0 Å². The average Bonchev–Trinajstić information content (AvgIpc) is 3.08. The van der Waals surface area contributed by atoms with E-state index < -0.39 is 5.97 Å². The van der Waals surface area contributed by atoms with E-state index in [1.807, 2.05) is 35.9 Å². The zero-order valence-electron chi connectivity index (χ0n) is 10.6. The van der Waals surface area contributed by atoms with E-state index in [2.05, 4.69) is 10.1 Å². The third-order valence-corrected chi connectivity index (χ3v) is 3.56. The van der Waals surface area contributed by atoms with E-state index in [0.29, 0.717) is 11.5 Å². The number of hydrogen-bond donors (Lipinski definition) is 1. The van der Waals surface area contributed by atoms with Gasteiger partial charge in [-0.2, -0.15) is 16.4 Å². The van der Waals surface area contributed by atoms with Crippen molar-refractivity contribution in [1.82, 2.24) is 14.8 Å². The van der Waals surface area contributed by atoms with E-state index in [9.17, 15) is 9.90 Å². The predicted octanol–water partition coefficient (Wildman–Crippen LogP) is 3.00. The van der Waals surface area contributed by atoms with Crippen molar-refractivity contribution in [2.24, 2.45) is 0 Å². The van der Waals surface area contributed by atoms with Crippen LogP contribution in [0.1, 0.15) is 15.9 Å². The fourth-order valence-corrected chi connectivity index (χ4v) is 2.55. The zero-order valence-corrected chi connectivity index (χ0v) is 11.5. The lowest BCUT2D eigenvalue weighted by atomic mass is 10.1. The van der Waals surface area contributed by atoms with Gasteiger partial charge in [0.05, 0.1) is 0 Å². The summed E-state index contributed by atoms with van der Waals surface area (Å²) in [5, 5.41) is 17.4. The molecule has 3 aromatic rings. The Kier molecular flexibility index (Phi) is 3.08. The standard InChI is InChI=1S/C14H11N3O2S/c1-9-2-4-15-12(6-9)17-7-11(14(18)19)13(16-17)10-3-5-20-8-10/h2-8H,1H3,(H,18,19). The lowest BCUT2D eigenvalue weighted by Gasteiger charge is -2.00. The monoisotopic (exact) mass is 285 g/mol. The highest BCUT2D eigenvalue weighted by Crippen LogP contribution is 2.25. The third kappa shape index (κ3) is 2.21. The first-order valence-corrected chi connectivity index (χ1v) is 6.88. The number of carbonyl (C=O) groups is 1. The number of aromatic carboxylic acids is 1. The lowest BCUT2D eigenvalue weighted by molar-refractivity contribution is 0.0697. The minimum absolute atomic E-state index is 0.173. The molecule has 1 N–H and O–H groups in total. The molecule has 20 heavy (non-hydrogen) atoms. The third-order valence-electron chi connectivity index (χ3n) is 2.87. The molecule has 0 unspecified atom stereocenters. The van der Waals surface area contributed by atoms with Gasteiger partial charge in [-0.3, -0.25) is 0 Å². The van der Waals surface area contributed by atoms with Crippen molar-refractivity contribution in [3.63, 3.8) is 0 Å². The zero-order chi connectivity index (χ0) is 14.1. The summed E-state index contributed by atoms with van der Waals surface area (Å²) >= 11 is 1.50. The van der Waals surface area contributed by atoms with Gasteiger partial charge in [-0.25, -0.2) is 14.5 Å². The molecule has 0 fully saturated rings. The second-order valence-corrected chi connectivity index (χ2v) is 5.12. The molecule has 3 aromatic heterocycles. The molecule has 0 bridgehead atoms. The van der Waals surface area contributed by atoms with Crippen LogP contribution in [0, 0.1) is 6.92 Å². The van der Waals surface area contributed by atoms with Gasteiger partial charge >= 0.3 is 5.97 Å². The molecule has 3 heterocycles. The number of hydrogen-bond acceptors (Lipinski definition) is 4. The summed E-state index contributed by atoms with van der Waals surface area (Å²) in [4.78, 5) is 15.6. The summed E-state index contributed by atoms with van der Waals surface area (Å²) in [6, 6.07) is 5.59. The predicted molar refractivity (Wildman–Crippen MR) is 76.4 cm³/mol. The van der Waals surface area contributed by atoms with Crippen LogP contribution in [0.15, 0.2) is 41.4 Å². The van der Waals surface area contributed by atoms with Crippen LogP contribution in [0.2, 0.25) is 0 Å². The van der Waals surface area contributed by atoms with E-state index in [-0.39, 0.29) is 5.56 Å². The molecule has 0 aliphatic rings. The Morgan fingerprint density at radius 2 is 2.25 bits per heavy atom. The normalized spacial score (nSPS) is 10.7. The van der Waals surface area contributed by atoms with Crippen LogP contribution < -0.4 is 0 Å². The van der Waals surface area contributed by atoms with Gasteiger partial charge in [0.1, 0.15) is 11.3 Å². The van der Waals surface area contributed by atoms with Gasteiger partial charge in [-0.15, -0.1) is 0 Å². The second-order valence-electron chi connectivity index (χ2n) is 4.34. The Balaban J connectivity index is 2.15. The van der Waals surface area contributed by atoms with Gasteiger partial charge in [0.25, 0.3) is 0 Å². The molecule has 6 heteroatoms. The summed E-state index contributed by atoms with van der Waals surface area (Å²) < 4.78 is 1.50. The van der Waals surface area contributed by atoms with Crippen molar-refractivity contribution >= 4 is 17.3 Å². The highest BCUT2D eigenvalue weighted by Gasteiger charge is 2.18. The molecule has 0 amide bonds. The molecule has 0 saturated carbocycles. The number of carboxylic acid groups (broad SMARTS) is 1. The van der Waals surface area contributed by atoms with Crippen molar-refractivity contribution in [1.29, 1.82) is 0 Å². The first-order chi connectivity index (χ1) is 9.65. The summed E-state index contributed by atoms with van der Waals surface area (Å²) in [6.45, 7) is 1.95. The Bertz CT molecular complexity index is 763. The maximum Gasteiger partial charge on any atom is 0.339 e. The summed E-state index contributed by atoms with van der Waals surface area (Å²) in [5.74, 6) is -0.390. The van der Waals surface area contributed by atoms with Crippen molar-refractivity contribution in [3.05, 3.63) is 52.5 Å². The van der Waals surface area contributed by atoms with Crippen molar-refractivity contribution < 1.29 is 9.90 Å². The van der Waals surface area contributed by atoms with Gasteiger partial charge in [0.2, 0.25) is 0 Å². The van der Waals surface area contributed by atoms with Crippen LogP contribution in [0.4, 0.5) is 0 Å². The van der Waals surface area contributed by atoms with Gasteiger partial charge in [-0.1, -0.05) is 0 Å². The SMILES string of the molecule is Cc1ccnc(-n2cc(C(=O)O)c(-c3ccsc3)n2)c1.